The van der Waals surface area contributed by atoms with Crippen molar-refractivity contribution >= 4 is 34.2 Å². The Morgan fingerprint density at radius 3 is 2.74 bits per heavy atom. The predicted octanol–water partition coefficient (Wildman–Crippen LogP) is 2.92. The van der Waals surface area contributed by atoms with Gasteiger partial charge in [0.15, 0.2) is 0 Å². The Morgan fingerprint density at radius 2 is 1.93 bits per heavy atom. The molecule has 1 unspecified atom stereocenters. The minimum absolute atomic E-state index is 0.0165. The van der Waals surface area contributed by atoms with Crippen molar-refractivity contribution in [3.63, 3.8) is 0 Å². The van der Waals surface area contributed by atoms with Gasteiger partial charge in [0.2, 0.25) is 11.8 Å². The molecule has 7 heteroatoms. The lowest BCUT2D eigenvalue weighted by Crippen LogP contribution is -2.28. The number of amides is 2. The third kappa shape index (κ3) is 3.31. The highest BCUT2D eigenvalue weighted by Crippen LogP contribution is 2.28. The SMILES string of the molecule is O=C(Nc1ccc2oc(=O)ccc2c1)C1CC(=O)N(c2ccccc2F)C1. The van der Waals surface area contributed by atoms with Gasteiger partial charge in [-0.15, -0.1) is 0 Å². The lowest BCUT2D eigenvalue weighted by Gasteiger charge is -2.17. The number of carbonyl (C=O) groups excluding carboxylic acids is 2. The van der Waals surface area contributed by atoms with E-state index in [0.717, 1.165) is 0 Å². The molecule has 0 saturated carbocycles. The third-order valence-corrected chi connectivity index (χ3v) is 4.53. The number of nitrogens with zero attached hydrogens (tertiary/aromatic N) is 1. The number of anilines is 2. The maximum Gasteiger partial charge on any atom is 0.336 e. The molecule has 1 aromatic heterocycles. The zero-order valence-electron chi connectivity index (χ0n) is 14.1. The van der Waals surface area contributed by atoms with Crippen LogP contribution in [-0.4, -0.2) is 18.4 Å². The van der Waals surface area contributed by atoms with E-state index >= 15 is 0 Å². The monoisotopic (exact) mass is 366 g/mol. The maximum atomic E-state index is 13.9. The molecular weight excluding hydrogens is 351 g/mol. The Kier molecular flexibility index (Phi) is 4.19. The van der Waals surface area contributed by atoms with Gasteiger partial charge in [-0.2, -0.15) is 0 Å². The molecule has 0 spiro atoms. The summed E-state index contributed by atoms with van der Waals surface area (Å²) in [6.45, 7) is 0.119. The highest BCUT2D eigenvalue weighted by molar-refractivity contribution is 6.04. The molecule has 3 aromatic rings. The summed E-state index contributed by atoms with van der Waals surface area (Å²) >= 11 is 0. The van der Waals surface area contributed by atoms with Crippen molar-refractivity contribution in [2.45, 2.75) is 6.42 Å². The molecular formula is C20H15FN2O4. The van der Waals surface area contributed by atoms with E-state index in [9.17, 15) is 18.8 Å². The van der Waals surface area contributed by atoms with E-state index < -0.39 is 17.4 Å². The molecule has 27 heavy (non-hydrogen) atoms. The number of halogens is 1. The van der Waals surface area contributed by atoms with Gasteiger partial charge in [0.25, 0.3) is 0 Å². The van der Waals surface area contributed by atoms with Crippen molar-refractivity contribution in [2.24, 2.45) is 5.92 Å². The predicted molar refractivity (Wildman–Crippen MR) is 98.0 cm³/mol. The standard InChI is InChI=1S/C20H15FN2O4/c21-15-3-1-2-4-16(15)23-11-13(10-18(23)24)20(26)22-14-6-7-17-12(9-14)5-8-19(25)27-17/h1-9,13H,10-11H2,(H,22,26). The summed E-state index contributed by atoms with van der Waals surface area (Å²) in [6.07, 6.45) is 0.0165. The summed E-state index contributed by atoms with van der Waals surface area (Å²) in [5.41, 5.74) is 0.677. The molecule has 4 rings (SSSR count). The van der Waals surface area contributed by atoms with Gasteiger partial charge in [-0.1, -0.05) is 12.1 Å². The smallest absolute Gasteiger partial charge is 0.336 e. The highest BCUT2D eigenvalue weighted by atomic mass is 19.1. The van der Waals surface area contributed by atoms with E-state index in [4.69, 9.17) is 4.42 Å². The zero-order valence-corrected chi connectivity index (χ0v) is 14.1. The van der Waals surface area contributed by atoms with Crippen LogP contribution >= 0.6 is 0 Å². The zero-order chi connectivity index (χ0) is 19.0. The molecule has 6 nitrogen and oxygen atoms in total. The van der Waals surface area contributed by atoms with Crippen molar-refractivity contribution in [3.8, 4) is 0 Å². The molecule has 0 radical (unpaired) electrons. The Labute approximate surface area is 153 Å². The van der Waals surface area contributed by atoms with Gasteiger partial charge in [-0.25, -0.2) is 9.18 Å². The Hall–Kier alpha value is -3.48. The Bertz CT molecular complexity index is 1110. The van der Waals surface area contributed by atoms with Crippen LogP contribution in [0.1, 0.15) is 6.42 Å². The van der Waals surface area contributed by atoms with Crippen LogP contribution in [0.3, 0.4) is 0 Å². The molecule has 1 aliphatic rings. The van der Waals surface area contributed by atoms with Crippen molar-refractivity contribution in [1.82, 2.24) is 0 Å². The summed E-state index contributed by atoms with van der Waals surface area (Å²) < 4.78 is 19.0. The molecule has 0 bridgehead atoms. The lowest BCUT2D eigenvalue weighted by molar-refractivity contribution is -0.122. The molecule has 2 heterocycles. The van der Waals surface area contributed by atoms with Gasteiger partial charge in [-0.05, 0) is 36.4 Å². The fourth-order valence-corrected chi connectivity index (χ4v) is 3.18. The van der Waals surface area contributed by atoms with E-state index in [1.54, 1.807) is 36.4 Å². The second kappa shape index (κ2) is 6.68. The first-order valence-electron chi connectivity index (χ1n) is 8.41. The first-order valence-corrected chi connectivity index (χ1v) is 8.41. The van der Waals surface area contributed by atoms with Crippen molar-refractivity contribution in [2.75, 3.05) is 16.8 Å². The van der Waals surface area contributed by atoms with Crippen molar-refractivity contribution in [1.29, 1.82) is 0 Å². The minimum atomic E-state index is -0.582. The molecule has 0 aliphatic carbocycles. The van der Waals surface area contributed by atoms with E-state index in [2.05, 4.69) is 5.32 Å². The highest BCUT2D eigenvalue weighted by Gasteiger charge is 2.36. The average Bonchev–Trinajstić information content (AvgIpc) is 3.04. The summed E-state index contributed by atoms with van der Waals surface area (Å²) in [5, 5.41) is 3.44. The topological polar surface area (TPSA) is 79.6 Å². The van der Waals surface area contributed by atoms with Crippen LogP contribution in [0.4, 0.5) is 15.8 Å². The van der Waals surface area contributed by atoms with E-state index in [1.165, 1.54) is 23.1 Å². The Balaban J connectivity index is 1.50. The molecule has 1 aliphatic heterocycles. The maximum absolute atomic E-state index is 13.9. The van der Waals surface area contributed by atoms with Crippen LogP contribution < -0.4 is 15.8 Å². The fourth-order valence-electron chi connectivity index (χ4n) is 3.18. The normalized spacial score (nSPS) is 16.7. The van der Waals surface area contributed by atoms with Gasteiger partial charge >= 0.3 is 5.63 Å². The molecule has 2 amide bonds. The summed E-state index contributed by atoms with van der Waals surface area (Å²) in [6, 6.07) is 13.8. The van der Waals surface area contributed by atoms with E-state index in [-0.39, 0.29) is 30.5 Å². The summed E-state index contributed by atoms with van der Waals surface area (Å²) in [7, 11) is 0. The number of benzene rings is 2. The van der Waals surface area contributed by atoms with E-state index in [1.807, 2.05) is 0 Å². The molecule has 2 aromatic carbocycles. The van der Waals surface area contributed by atoms with Gasteiger partial charge in [0, 0.05) is 30.1 Å². The van der Waals surface area contributed by atoms with Crippen LogP contribution in [-0.2, 0) is 9.59 Å². The van der Waals surface area contributed by atoms with Crippen LogP contribution in [0, 0.1) is 11.7 Å². The minimum Gasteiger partial charge on any atom is -0.423 e. The number of hydrogen-bond donors (Lipinski definition) is 1. The first kappa shape index (κ1) is 17.0. The number of rotatable bonds is 3. The number of para-hydroxylation sites is 1. The molecule has 1 atom stereocenters. The van der Waals surface area contributed by atoms with Crippen molar-refractivity contribution < 1.29 is 18.4 Å². The van der Waals surface area contributed by atoms with Crippen LogP contribution in [0.2, 0.25) is 0 Å². The van der Waals surface area contributed by atoms with Gasteiger partial charge in [-0.3, -0.25) is 9.59 Å². The van der Waals surface area contributed by atoms with Crippen LogP contribution in [0.5, 0.6) is 0 Å². The second-order valence-electron chi connectivity index (χ2n) is 6.35. The number of nitrogens with one attached hydrogen (secondary N) is 1. The summed E-state index contributed by atoms with van der Waals surface area (Å²) in [5.74, 6) is -1.69. The second-order valence-corrected chi connectivity index (χ2v) is 6.35. The van der Waals surface area contributed by atoms with Gasteiger partial charge in [0.05, 0.1) is 11.6 Å². The largest absolute Gasteiger partial charge is 0.423 e. The van der Waals surface area contributed by atoms with Gasteiger partial charge in [0.1, 0.15) is 11.4 Å². The summed E-state index contributed by atoms with van der Waals surface area (Å²) in [4.78, 5) is 37.3. The third-order valence-electron chi connectivity index (χ3n) is 4.53. The van der Waals surface area contributed by atoms with E-state index in [0.29, 0.717) is 16.7 Å². The van der Waals surface area contributed by atoms with Crippen LogP contribution in [0.25, 0.3) is 11.0 Å². The fraction of sp³-hybridized carbons (Fsp3) is 0.150. The number of hydrogen-bond acceptors (Lipinski definition) is 4. The lowest BCUT2D eigenvalue weighted by atomic mass is 10.1. The van der Waals surface area contributed by atoms with Crippen LogP contribution in [0.15, 0.2) is 63.8 Å². The number of fused-ring (bicyclic) bond motifs is 1. The van der Waals surface area contributed by atoms with Gasteiger partial charge < -0.3 is 14.6 Å². The quantitative estimate of drug-likeness (QED) is 0.723. The number of carbonyl (C=O) groups is 2. The molecule has 1 fully saturated rings. The van der Waals surface area contributed by atoms with Crippen molar-refractivity contribution in [3.05, 3.63) is 70.8 Å². The molecule has 1 saturated heterocycles. The first-order chi connectivity index (χ1) is 13.0. The molecule has 1 N–H and O–H groups in total. The Morgan fingerprint density at radius 1 is 1.11 bits per heavy atom. The average molecular weight is 366 g/mol. The molecule has 136 valence electrons.